The summed E-state index contributed by atoms with van der Waals surface area (Å²) in [4.78, 5) is 0.0915. The Morgan fingerprint density at radius 2 is 2.10 bits per heavy atom. The number of aliphatic hydroxyl groups is 1. The summed E-state index contributed by atoms with van der Waals surface area (Å²) < 4.78 is 27.0. The maximum atomic E-state index is 12.2. The third kappa shape index (κ3) is 5.84. The van der Waals surface area contributed by atoms with Crippen molar-refractivity contribution in [1.82, 2.24) is 4.72 Å². The van der Waals surface area contributed by atoms with E-state index in [0.717, 1.165) is 6.42 Å². The minimum Gasteiger partial charge on any atom is -0.396 e. The second kappa shape index (κ2) is 8.13. The quantitative estimate of drug-likeness (QED) is 0.767. The molecule has 0 saturated heterocycles. The third-order valence-electron chi connectivity index (χ3n) is 3.18. The van der Waals surface area contributed by atoms with E-state index in [1.54, 1.807) is 12.1 Å². The highest BCUT2D eigenvalue weighted by Crippen LogP contribution is 2.16. The molecule has 0 aliphatic rings. The number of sulfonamides is 1. The van der Waals surface area contributed by atoms with Gasteiger partial charge in [-0.1, -0.05) is 19.9 Å². The topological polar surface area (TPSA) is 90.2 Å². The zero-order valence-electron chi connectivity index (χ0n) is 12.4. The zero-order chi connectivity index (χ0) is 15.9. The SMILES string of the molecule is CC(C)CC(CCO)CNS(=O)(=O)c1cccc(C#N)c1. The molecule has 5 nitrogen and oxygen atoms in total. The normalized spacial score (nSPS) is 13.1. The van der Waals surface area contributed by atoms with Gasteiger partial charge in [0.05, 0.1) is 16.5 Å². The fourth-order valence-electron chi connectivity index (χ4n) is 2.20. The molecule has 1 aromatic carbocycles. The standard InChI is InChI=1S/C15H22N2O3S/c1-12(2)8-14(6-7-18)11-17-21(19,20)15-5-3-4-13(9-15)10-16/h3-5,9,12,14,17-18H,6-8,11H2,1-2H3. The van der Waals surface area contributed by atoms with Crippen LogP contribution in [-0.4, -0.2) is 26.7 Å². The van der Waals surface area contributed by atoms with Gasteiger partial charge in [0.15, 0.2) is 0 Å². The Labute approximate surface area is 126 Å². The number of rotatable bonds is 8. The summed E-state index contributed by atoms with van der Waals surface area (Å²) in [7, 11) is -3.62. The Bertz CT molecular complexity index is 591. The van der Waals surface area contributed by atoms with Crippen molar-refractivity contribution < 1.29 is 13.5 Å². The summed E-state index contributed by atoms with van der Waals surface area (Å²) in [6, 6.07) is 7.85. The Morgan fingerprint density at radius 1 is 1.38 bits per heavy atom. The molecular formula is C15H22N2O3S. The first kappa shape index (κ1) is 17.6. The number of hydrogen-bond acceptors (Lipinski definition) is 4. The molecule has 0 radical (unpaired) electrons. The summed E-state index contributed by atoms with van der Waals surface area (Å²) in [5, 5.41) is 17.9. The van der Waals surface area contributed by atoms with Crippen LogP contribution in [0, 0.1) is 23.2 Å². The highest BCUT2D eigenvalue weighted by atomic mass is 32.2. The van der Waals surface area contributed by atoms with Crippen molar-refractivity contribution in [2.24, 2.45) is 11.8 Å². The smallest absolute Gasteiger partial charge is 0.240 e. The Kier molecular flexibility index (Phi) is 6.82. The fourth-order valence-corrected chi connectivity index (χ4v) is 3.36. The van der Waals surface area contributed by atoms with Crippen LogP contribution in [0.5, 0.6) is 0 Å². The number of nitriles is 1. The first-order valence-electron chi connectivity index (χ1n) is 6.99. The molecule has 2 N–H and O–H groups in total. The second-order valence-corrected chi connectivity index (χ2v) is 7.27. The molecule has 0 aromatic heterocycles. The first-order chi connectivity index (χ1) is 9.89. The molecule has 21 heavy (non-hydrogen) atoms. The molecule has 0 amide bonds. The molecule has 1 unspecified atom stereocenters. The zero-order valence-corrected chi connectivity index (χ0v) is 13.2. The number of nitrogens with one attached hydrogen (secondary N) is 1. The van der Waals surface area contributed by atoms with E-state index in [-0.39, 0.29) is 24.0 Å². The molecule has 0 aliphatic carbocycles. The maximum Gasteiger partial charge on any atom is 0.240 e. The van der Waals surface area contributed by atoms with Crippen molar-refractivity contribution in [3.63, 3.8) is 0 Å². The van der Waals surface area contributed by atoms with Gasteiger partial charge >= 0.3 is 0 Å². The van der Waals surface area contributed by atoms with E-state index < -0.39 is 10.0 Å². The van der Waals surface area contributed by atoms with E-state index in [2.05, 4.69) is 18.6 Å². The van der Waals surface area contributed by atoms with E-state index in [1.807, 2.05) is 6.07 Å². The van der Waals surface area contributed by atoms with Crippen molar-refractivity contribution in [2.45, 2.75) is 31.6 Å². The predicted octanol–water partition coefficient (Wildman–Crippen LogP) is 1.88. The molecule has 6 heteroatoms. The number of aliphatic hydroxyl groups excluding tert-OH is 1. The fraction of sp³-hybridized carbons (Fsp3) is 0.533. The minimum atomic E-state index is -3.62. The number of benzene rings is 1. The summed E-state index contributed by atoms with van der Waals surface area (Å²) in [6.07, 6.45) is 1.42. The van der Waals surface area contributed by atoms with Crippen molar-refractivity contribution in [3.8, 4) is 6.07 Å². The van der Waals surface area contributed by atoms with Crippen molar-refractivity contribution in [2.75, 3.05) is 13.2 Å². The van der Waals surface area contributed by atoms with Crippen LogP contribution < -0.4 is 4.72 Å². The van der Waals surface area contributed by atoms with Crippen LogP contribution in [0.2, 0.25) is 0 Å². The molecular weight excluding hydrogens is 288 g/mol. The highest BCUT2D eigenvalue weighted by molar-refractivity contribution is 7.89. The molecule has 0 bridgehead atoms. The first-order valence-corrected chi connectivity index (χ1v) is 8.48. The maximum absolute atomic E-state index is 12.2. The second-order valence-electron chi connectivity index (χ2n) is 5.50. The van der Waals surface area contributed by atoms with Crippen molar-refractivity contribution in [1.29, 1.82) is 5.26 Å². The van der Waals surface area contributed by atoms with E-state index in [0.29, 0.717) is 17.9 Å². The van der Waals surface area contributed by atoms with Gasteiger partial charge in [-0.05, 0) is 42.9 Å². The van der Waals surface area contributed by atoms with Gasteiger partial charge < -0.3 is 5.11 Å². The number of hydrogen-bond donors (Lipinski definition) is 2. The predicted molar refractivity (Wildman–Crippen MR) is 81.0 cm³/mol. The van der Waals surface area contributed by atoms with Crippen LogP contribution in [0.3, 0.4) is 0 Å². The Hall–Kier alpha value is -1.42. The van der Waals surface area contributed by atoms with Crippen molar-refractivity contribution in [3.05, 3.63) is 29.8 Å². The van der Waals surface area contributed by atoms with Crippen LogP contribution >= 0.6 is 0 Å². The van der Waals surface area contributed by atoms with Gasteiger partial charge in [0, 0.05) is 13.2 Å². The Morgan fingerprint density at radius 3 is 2.67 bits per heavy atom. The molecule has 1 rings (SSSR count). The summed E-state index contributed by atoms with van der Waals surface area (Å²) in [5.41, 5.74) is 0.312. The van der Waals surface area contributed by atoms with E-state index in [1.165, 1.54) is 12.1 Å². The van der Waals surface area contributed by atoms with E-state index in [9.17, 15) is 8.42 Å². The lowest BCUT2D eigenvalue weighted by molar-refractivity contribution is 0.243. The van der Waals surface area contributed by atoms with E-state index in [4.69, 9.17) is 10.4 Å². The van der Waals surface area contributed by atoms with Crippen LogP contribution in [0.15, 0.2) is 29.2 Å². The van der Waals surface area contributed by atoms with E-state index >= 15 is 0 Å². The van der Waals surface area contributed by atoms with Gasteiger partial charge in [0.1, 0.15) is 0 Å². The molecule has 1 atom stereocenters. The lowest BCUT2D eigenvalue weighted by Gasteiger charge is -2.18. The lowest BCUT2D eigenvalue weighted by atomic mass is 9.95. The summed E-state index contributed by atoms with van der Waals surface area (Å²) in [5.74, 6) is 0.539. The lowest BCUT2D eigenvalue weighted by Crippen LogP contribution is -2.30. The minimum absolute atomic E-state index is 0.0447. The van der Waals surface area contributed by atoms with Gasteiger partial charge in [0.2, 0.25) is 10.0 Å². The van der Waals surface area contributed by atoms with Gasteiger partial charge in [-0.3, -0.25) is 0 Å². The summed E-state index contributed by atoms with van der Waals surface area (Å²) >= 11 is 0. The van der Waals surface area contributed by atoms with Crippen LogP contribution in [0.4, 0.5) is 0 Å². The van der Waals surface area contributed by atoms with Gasteiger partial charge in [-0.15, -0.1) is 0 Å². The van der Waals surface area contributed by atoms with Gasteiger partial charge in [-0.2, -0.15) is 5.26 Å². The summed E-state index contributed by atoms with van der Waals surface area (Å²) in [6.45, 7) is 4.46. The third-order valence-corrected chi connectivity index (χ3v) is 4.60. The average molecular weight is 310 g/mol. The van der Waals surface area contributed by atoms with Crippen LogP contribution in [0.25, 0.3) is 0 Å². The van der Waals surface area contributed by atoms with Crippen molar-refractivity contribution >= 4 is 10.0 Å². The molecule has 0 saturated carbocycles. The number of nitrogens with zero attached hydrogens (tertiary/aromatic N) is 1. The Balaban J connectivity index is 2.77. The monoisotopic (exact) mass is 310 g/mol. The highest BCUT2D eigenvalue weighted by Gasteiger charge is 2.18. The molecule has 0 aliphatic heterocycles. The molecule has 0 spiro atoms. The van der Waals surface area contributed by atoms with Crippen LogP contribution in [0.1, 0.15) is 32.3 Å². The molecule has 0 heterocycles. The van der Waals surface area contributed by atoms with Crippen LogP contribution in [-0.2, 0) is 10.0 Å². The van der Waals surface area contributed by atoms with Gasteiger partial charge in [-0.25, -0.2) is 13.1 Å². The largest absolute Gasteiger partial charge is 0.396 e. The van der Waals surface area contributed by atoms with Gasteiger partial charge in [0.25, 0.3) is 0 Å². The molecule has 0 fully saturated rings. The molecule has 1 aromatic rings. The molecule has 116 valence electrons. The average Bonchev–Trinajstić information content (AvgIpc) is 2.44.